The van der Waals surface area contributed by atoms with E-state index in [0.717, 1.165) is 25.7 Å². The van der Waals surface area contributed by atoms with Crippen molar-refractivity contribution < 1.29 is 19.4 Å². The third-order valence-electron chi connectivity index (χ3n) is 4.46. The van der Waals surface area contributed by atoms with Crippen LogP contribution in [0, 0.1) is 0 Å². The van der Waals surface area contributed by atoms with Crippen LogP contribution in [0.2, 0.25) is 0 Å². The number of carbonyl (C=O) groups is 1. The van der Waals surface area contributed by atoms with Crippen LogP contribution in [0.5, 0.6) is 11.5 Å². The van der Waals surface area contributed by atoms with Crippen LogP contribution in [0.4, 0.5) is 5.69 Å². The molecule has 0 radical (unpaired) electrons. The molecule has 5 nitrogen and oxygen atoms in total. The number of nitrogens with zero attached hydrogens (tertiary/aromatic N) is 1. The minimum Gasteiger partial charge on any atom is -0.507 e. The van der Waals surface area contributed by atoms with Crippen molar-refractivity contribution in [1.29, 1.82) is 0 Å². The van der Waals surface area contributed by atoms with Gasteiger partial charge in [0.05, 0.1) is 24.5 Å². The van der Waals surface area contributed by atoms with E-state index in [-0.39, 0.29) is 11.7 Å². The van der Waals surface area contributed by atoms with Crippen LogP contribution in [0.1, 0.15) is 68.3 Å². The van der Waals surface area contributed by atoms with E-state index in [2.05, 4.69) is 11.9 Å². The summed E-state index contributed by atoms with van der Waals surface area (Å²) < 4.78 is 10.9. The Kier molecular flexibility index (Phi) is 9.76. The van der Waals surface area contributed by atoms with E-state index >= 15 is 0 Å². The van der Waals surface area contributed by atoms with Crippen molar-refractivity contribution in [1.82, 2.24) is 0 Å². The summed E-state index contributed by atoms with van der Waals surface area (Å²) in [5, 5.41) is 10.2. The third kappa shape index (κ3) is 7.98. The predicted octanol–water partition coefficient (Wildman–Crippen LogP) is 6.06. The highest BCUT2D eigenvalue weighted by Crippen LogP contribution is 2.23. The second-order valence-electron chi connectivity index (χ2n) is 6.92. The Morgan fingerprint density at radius 2 is 1.72 bits per heavy atom. The van der Waals surface area contributed by atoms with E-state index in [0.29, 0.717) is 35.8 Å². The normalized spacial score (nSPS) is 11.0. The fourth-order valence-corrected chi connectivity index (χ4v) is 2.66. The van der Waals surface area contributed by atoms with Gasteiger partial charge in [-0.3, -0.25) is 4.99 Å². The lowest BCUT2D eigenvalue weighted by Gasteiger charge is -2.07. The van der Waals surface area contributed by atoms with Gasteiger partial charge >= 0.3 is 5.97 Å². The van der Waals surface area contributed by atoms with E-state index < -0.39 is 0 Å². The Labute approximate surface area is 173 Å². The summed E-state index contributed by atoms with van der Waals surface area (Å²) in [4.78, 5) is 16.3. The third-order valence-corrected chi connectivity index (χ3v) is 4.46. The van der Waals surface area contributed by atoms with Gasteiger partial charge in [0.25, 0.3) is 0 Å². The molecular formula is C24H31NO4. The summed E-state index contributed by atoms with van der Waals surface area (Å²) in [6.45, 7) is 5.32. The molecule has 0 spiro atoms. The molecule has 2 rings (SSSR count). The number of esters is 1. The highest BCUT2D eigenvalue weighted by Gasteiger charge is 2.06. The molecule has 0 heterocycles. The van der Waals surface area contributed by atoms with E-state index in [1.807, 2.05) is 13.0 Å². The molecule has 0 aliphatic rings. The first-order chi connectivity index (χ1) is 14.1. The van der Waals surface area contributed by atoms with Crippen molar-refractivity contribution >= 4 is 17.9 Å². The molecule has 2 aromatic carbocycles. The molecule has 0 fully saturated rings. The Morgan fingerprint density at radius 3 is 2.41 bits per heavy atom. The van der Waals surface area contributed by atoms with E-state index in [1.165, 1.54) is 12.8 Å². The summed E-state index contributed by atoms with van der Waals surface area (Å²) >= 11 is 0. The van der Waals surface area contributed by atoms with Crippen molar-refractivity contribution in [3.63, 3.8) is 0 Å². The number of benzene rings is 2. The first-order valence-electron chi connectivity index (χ1n) is 10.4. The molecule has 0 saturated heterocycles. The molecule has 5 heteroatoms. The fourth-order valence-electron chi connectivity index (χ4n) is 2.66. The highest BCUT2D eigenvalue weighted by molar-refractivity contribution is 5.90. The topological polar surface area (TPSA) is 68.1 Å². The van der Waals surface area contributed by atoms with Crippen LogP contribution in [-0.4, -0.2) is 30.5 Å². The minimum absolute atomic E-state index is 0.121. The zero-order valence-corrected chi connectivity index (χ0v) is 17.4. The smallest absolute Gasteiger partial charge is 0.338 e. The van der Waals surface area contributed by atoms with Gasteiger partial charge in [0, 0.05) is 17.8 Å². The monoisotopic (exact) mass is 397 g/mol. The minimum atomic E-state index is -0.322. The highest BCUT2D eigenvalue weighted by atomic mass is 16.5. The molecule has 0 saturated carbocycles. The van der Waals surface area contributed by atoms with Crippen molar-refractivity contribution in [2.75, 3.05) is 13.2 Å². The lowest BCUT2D eigenvalue weighted by atomic mass is 10.2. The molecule has 0 aliphatic heterocycles. The SMILES string of the molecule is CCCCCCOc1ccc(C=Nc2ccc(C(=O)OCCCC)cc2)c(O)c1. The number of hydrogen-bond donors (Lipinski definition) is 1. The summed E-state index contributed by atoms with van der Waals surface area (Å²) in [6, 6.07) is 12.1. The van der Waals surface area contributed by atoms with Gasteiger partial charge in [0.2, 0.25) is 0 Å². The molecule has 0 amide bonds. The van der Waals surface area contributed by atoms with Crippen LogP contribution >= 0.6 is 0 Å². The summed E-state index contributed by atoms with van der Waals surface area (Å²) in [5.41, 5.74) is 1.79. The largest absolute Gasteiger partial charge is 0.507 e. The van der Waals surface area contributed by atoms with Crippen molar-refractivity contribution in [3.8, 4) is 11.5 Å². The van der Waals surface area contributed by atoms with Gasteiger partial charge in [-0.1, -0.05) is 39.5 Å². The molecule has 0 atom stereocenters. The van der Waals surface area contributed by atoms with Gasteiger partial charge in [-0.05, 0) is 49.2 Å². The van der Waals surface area contributed by atoms with Gasteiger partial charge in [0.15, 0.2) is 0 Å². The number of aliphatic imine (C=N–C) groups is 1. The maximum absolute atomic E-state index is 11.9. The van der Waals surface area contributed by atoms with Gasteiger partial charge < -0.3 is 14.6 Å². The van der Waals surface area contributed by atoms with E-state index in [1.54, 1.807) is 42.6 Å². The van der Waals surface area contributed by atoms with Crippen LogP contribution in [0.25, 0.3) is 0 Å². The maximum Gasteiger partial charge on any atom is 0.338 e. The van der Waals surface area contributed by atoms with Crippen LogP contribution in [0.3, 0.4) is 0 Å². The maximum atomic E-state index is 11.9. The quantitative estimate of drug-likeness (QED) is 0.268. The molecule has 0 aromatic heterocycles. The standard InChI is InChI=1S/C24H31NO4/c1-3-5-7-8-16-28-22-14-11-20(23(26)17-22)18-25-21-12-9-19(10-13-21)24(27)29-15-6-4-2/h9-14,17-18,26H,3-8,15-16H2,1-2H3. The average molecular weight is 398 g/mol. The zero-order chi connectivity index (χ0) is 20.9. The summed E-state index contributed by atoms with van der Waals surface area (Å²) in [7, 11) is 0. The first kappa shape index (κ1) is 22.5. The van der Waals surface area contributed by atoms with E-state index in [4.69, 9.17) is 9.47 Å². The molecule has 0 unspecified atom stereocenters. The van der Waals surface area contributed by atoms with Gasteiger partial charge in [0.1, 0.15) is 11.5 Å². The van der Waals surface area contributed by atoms with Crippen LogP contribution in [-0.2, 0) is 4.74 Å². The number of unbranched alkanes of at least 4 members (excludes halogenated alkanes) is 4. The molecule has 156 valence electrons. The number of carbonyl (C=O) groups excluding carboxylic acids is 1. The molecular weight excluding hydrogens is 366 g/mol. The second kappa shape index (κ2) is 12.6. The second-order valence-corrected chi connectivity index (χ2v) is 6.92. The number of phenols is 1. The lowest BCUT2D eigenvalue weighted by Crippen LogP contribution is -2.05. The summed E-state index contributed by atoms with van der Waals surface area (Å²) in [5.74, 6) is 0.454. The number of rotatable bonds is 12. The van der Waals surface area contributed by atoms with Crippen molar-refractivity contribution in [2.24, 2.45) is 4.99 Å². The number of ether oxygens (including phenoxy) is 2. The van der Waals surface area contributed by atoms with Crippen LogP contribution < -0.4 is 4.74 Å². The predicted molar refractivity (Wildman–Crippen MR) is 117 cm³/mol. The van der Waals surface area contributed by atoms with Crippen molar-refractivity contribution in [2.45, 2.75) is 52.4 Å². The van der Waals surface area contributed by atoms with Crippen LogP contribution in [0.15, 0.2) is 47.5 Å². The molecule has 0 bridgehead atoms. The Balaban J connectivity index is 1.89. The average Bonchev–Trinajstić information content (AvgIpc) is 2.73. The van der Waals surface area contributed by atoms with Gasteiger partial charge in [-0.15, -0.1) is 0 Å². The molecule has 1 N–H and O–H groups in total. The number of hydrogen-bond acceptors (Lipinski definition) is 5. The number of aromatic hydroxyl groups is 1. The zero-order valence-electron chi connectivity index (χ0n) is 17.4. The summed E-state index contributed by atoms with van der Waals surface area (Å²) in [6.07, 6.45) is 8.02. The van der Waals surface area contributed by atoms with Gasteiger partial charge in [-0.2, -0.15) is 0 Å². The molecule has 29 heavy (non-hydrogen) atoms. The lowest BCUT2D eigenvalue weighted by molar-refractivity contribution is 0.0500. The molecule has 0 aliphatic carbocycles. The first-order valence-corrected chi connectivity index (χ1v) is 10.4. The van der Waals surface area contributed by atoms with Crippen molar-refractivity contribution in [3.05, 3.63) is 53.6 Å². The molecule has 2 aromatic rings. The Bertz CT molecular complexity index is 784. The fraction of sp³-hybridized carbons (Fsp3) is 0.417. The van der Waals surface area contributed by atoms with Gasteiger partial charge in [-0.25, -0.2) is 4.79 Å². The Morgan fingerprint density at radius 1 is 0.966 bits per heavy atom. The number of phenolic OH excluding ortho intramolecular Hbond substituents is 1. The van der Waals surface area contributed by atoms with E-state index in [9.17, 15) is 9.90 Å². The Hall–Kier alpha value is -2.82.